The van der Waals surface area contributed by atoms with Gasteiger partial charge in [-0.2, -0.15) is 15.0 Å². The predicted molar refractivity (Wildman–Crippen MR) is 132 cm³/mol. The molecule has 1 aliphatic carbocycles. The number of rotatable bonds is 6. The van der Waals surface area contributed by atoms with E-state index in [0.717, 1.165) is 36.6 Å². The molecule has 2 aromatic carbocycles. The predicted octanol–water partition coefficient (Wildman–Crippen LogP) is 5.55. The van der Waals surface area contributed by atoms with Crippen molar-refractivity contribution in [2.75, 3.05) is 6.61 Å². The lowest BCUT2D eigenvalue weighted by Gasteiger charge is -2.22. The molecule has 0 bridgehead atoms. The molecule has 0 atom stereocenters. The zero-order chi connectivity index (χ0) is 24.2. The molecule has 174 valence electrons. The molecule has 0 aliphatic heterocycles. The molecule has 0 N–H and O–H groups in total. The largest absolute Gasteiger partial charge is 0.470 e. The zero-order valence-corrected chi connectivity index (χ0v) is 20.3. The fourth-order valence-corrected chi connectivity index (χ4v) is 4.72. The standard InChI is InChI=1S/C23H19BrClN5O4/c24-16-6-7-19-17(12-16)23(31)29(22(28-19)15-4-2-1-3-5-15)27-13-14-10-18(25)21(34-9-8-26)20(11-14)30(32)33/h6-7,10-13,15H,1-5,9H2. The van der Waals surface area contributed by atoms with Gasteiger partial charge in [-0.25, -0.2) is 4.98 Å². The van der Waals surface area contributed by atoms with Crippen molar-refractivity contribution in [3.63, 3.8) is 0 Å². The maximum absolute atomic E-state index is 13.4. The Morgan fingerprint density at radius 1 is 1.32 bits per heavy atom. The average Bonchev–Trinajstić information content (AvgIpc) is 2.83. The first kappa shape index (κ1) is 23.9. The number of ether oxygens (including phenoxy) is 1. The lowest BCUT2D eigenvalue weighted by atomic mass is 9.88. The molecule has 11 heteroatoms. The molecule has 1 saturated carbocycles. The molecular weight excluding hydrogens is 526 g/mol. The third-order valence-corrected chi connectivity index (χ3v) is 6.42. The molecule has 0 saturated heterocycles. The molecule has 1 heterocycles. The Labute approximate surface area is 207 Å². The summed E-state index contributed by atoms with van der Waals surface area (Å²) in [6, 6.07) is 9.75. The maximum Gasteiger partial charge on any atom is 0.313 e. The van der Waals surface area contributed by atoms with Crippen molar-refractivity contribution in [2.24, 2.45) is 5.10 Å². The lowest BCUT2D eigenvalue weighted by molar-refractivity contribution is -0.385. The number of nitro groups is 1. The van der Waals surface area contributed by atoms with E-state index in [9.17, 15) is 14.9 Å². The van der Waals surface area contributed by atoms with Crippen LogP contribution in [0.5, 0.6) is 5.75 Å². The lowest BCUT2D eigenvalue weighted by Crippen LogP contribution is -2.25. The number of fused-ring (bicyclic) bond motifs is 1. The van der Waals surface area contributed by atoms with E-state index in [4.69, 9.17) is 26.6 Å². The molecule has 0 spiro atoms. The van der Waals surface area contributed by atoms with E-state index < -0.39 is 10.6 Å². The highest BCUT2D eigenvalue weighted by Gasteiger charge is 2.23. The van der Waals surface area contributed by atoms with Crippen molar-refractivity contribution in [1.82, 2.24) is 9.66 Å². The molecular formula is C23H19BrClN5O4. The van der Waals surface area contributed by atoms with Gasteiger partial charge in [-0.05, 0) is 37.1 Å². The summed E-state index contributed by atoms with van der Waals surface area (Å²) in [5.74, 6) is 0.472. The van der Waals surface area contributed by atoms with Crippen LogP contribution in [0, 0.1) is 21.4 Å². The van der Waals surface area contributed by atoms with Crippen molar-refractivity contribution < 1.29 is 9.66 Å². The van der Waals surface area contributed by atoms with Gasteiger partial charge in [-0.1, -0.05) is 46.8 Å². The van der Waals surface area contributed by atoms with Crippen LogP contribution in [0.1, 0.15) is 49.4 Å². The molecule has 1 aliphatic rings. The maximum atomic E-state index is 13.4. The highest BCUT2D eigenvalue weighted by Crippen LogP contribution is 2.36. The van der Waals surface area contributed by atoms with Gasteiger partial charge in [0.25, 0.3) is 5.56 Å². The second-order valence-electron chi connectivity index (χ2n) is 7.88. The van der Waals surface area contributed by atoms with Gasteiger partial charge in [-0.3, -0.25) is 14.9 Å². The van der Waals surface area contributed by atoms with Gasteiger partial charge in [0.15, 0.2) is 6.61 Å². The number of benzene rings is 2. The van der Waals surface area contributed by atoms with Crippen LogP contribution < -0.4 is 10.3 Å². The Bertz CT molecular complexity index is 1390. The third kappa shape index (κ3) is 4.95. The van der Waals surface area contributed by atoms with Crippen LogP contribution in [-0.4, -0.2) is 27.4 Å². The van der Waals surface area contributed by atoms with Gasteiger partial charge < -0.3 is 4.74 Å². The number of nitriles is 1. The van der Waals surface area contributed by atoms with Gasteiger partial charge in [0.05, 0.1) is 27.1 Å². The van der Waals surface area contributed by atoms with Crippen molar-refractivity contribution in [3.05, 3.63) is 71.7 Å². The highest BCUT2D eigenvalue weighted by molar-refractivity contribution is 9.10. The van der Waals surface area contributed by atoms with Crippen LogP contribution >= 0.6 is 27.5 Å². The summed E-state index contributed by atoms with van der Waals surface area (Å²) in [6.45, 7) is -0.382. The first-order valence-corrected chi connectivity index (χ1v) is 11.8. The number of nitro benzene ring substituents is 1. The number of halogens is 2. The van der Waals surface area contributed by atoms with Crippen LogP contribution in [0.2, 0.25) is 5.02 Å². The Hall–Kier alpha value is -3.29. The summed E-state index contributed by atoms with van der Waals surface area (Å²) in [5, 5.41) is 25.0. The first-order chi connectivity index (χ1) is 16.4. The van der Waals surface area contributed by atoms with Crippen molar-refractivity contribution >= 4 is 50.3 Å². The molecule has 1 aromatic heterocycles. The second kappa shape index (κ2) is 10.3. The van der Waals surface area contributed by atoms with Crippen LogP contribution in [0.3, 0.4) is 0 Å². The van der Waals surface area contributed by atoms with Gasteiger partial charge >= 0.3 is 5.69 Å². The van der Waals surface area contributed by atoms with E-state index in [2.05, 4.69) is 21.0 Å². The summed E-state index contributed by atoms with van der Waals surface area (Å²) in [4.78, 5) is 29.0. The van der Waals surface area contributed by atoms with Crippen LogP contribution in [0.15, 0.2) is 44.7 Å². The molecule has 0 unspecified atom stereocenters. The third-order valence-electron chi connectivity index (χ3n) is 5.65. The average molecular weight is 545 g/mol. The molecule has 3 aromatic rings. The van der Waals surface area contributed by atoms with E-state index in [1.54, 1.807) is 18.2 Å². The minimum atomic E-state index is -0.648. The number of aromatic nitrogens is 2. The van der Waals surface area contributed by atoms with Gasteiger partial charge in [-0.15, -0.1) is 0 Å². The topological polar surface area (TPSA) is 123 Å². The van der Waals surface area contributed by atoms with Crippen LogP contribution in [-0.2, 0) is 0 Å². The van der Waals surface area contributed by atoms with Crippen LogP contribution in [0.4, 0.5) is 5.69 Å². The van der Waals surface area contributed by atoms with E-state index in [-0.39, 0.29) is 28.9 Å². The minimum Gasteiger partial charge on any atom is -0.470 e. The SMILES string of the molecule is N#CCOc1c(Cl)cc(C=Nn2c(C3CCCCC3)nc3ccc(Br)cc3c2=O)cc1[N+](=O)[O-]. The number of hydrogen-bond acceptors (Lipinski definition) is 7. The summed E-state index contributed by atoms with van der Waals surface area (Å²) < 4.78 is 7.15. The monoisotopic (exact) mass is 543 g/mol. The van der Waals surface area contributed by atoms with Crippen LogP contribution in [0.25, 0.3) is 10.9 Å². The Balaban J connectivity index is 1.83. The van der Waals surface area contributed by atoms with Gasteiger partial charge in [0.2, 0.25) is 5.75 Å². The van der Waals surface area contributed by atoms with E-state index in [1.165, 1.54) is 23.0 Å². The Morgan fingerprint density at radius 2 is 2.09 bits per heavy atom. The zero-order valence-electron chi connectivity index (χ0n) is 17.9. The molecule has 34 heavy (non-hydrogen) atoms. The molecule has 1 fully saturated rings. The van der Waals surface area contributed by atoms with E-state index in [0.29, 0.717) is 22.3 Å². The Morgan fingerprint density at radius 3 is 2.79 bits per heavy atom. The molecule has 0 radical (unpaired) electrons. The fraction of sp³-hybridized carbons (Fsp3) is 0.304. The van der Waals surface area contributed by atoms with Crippen molar-refractivity contribution in [3.8, 4) is 11.8 Å². The summed E-state index contributed by atoms with van der Waals surface area (Å²) in [7, 11) is 0. The van der Waals surface area contributed by atoms with E-state index >= 15 is 0 Å². The van der Waals surface area contributed by atoms with Crippen molar-refractivity contribution in [1.29, 1.82) is 5.26 Å². The van der Waals surface area contributed by atoms with Crippen molar-refractivity contribution in [2.45, 2.75) is 38.0 Å². The summed E-state index contributed by atoms with van der Waals surface area (Å²) in [5.41, 5.74) is 0.178. The minimum absolute atomic E-state index is 0.0358. The second-order valence-corrected chi connectivity index (χ2v) is 9.21. The Kier molecular flexibility index (Phi) is 7.24. The normalized spacial score (nSPS) is 14.4. The molecule has 4 rings (SSSR count). The smallest absolute Gasteiger partial charge is 0.313 e. The van der Waals surface area contributed by atoms with E-state index in [1.807, 2.05) is 6.07 Å². The summed E-state index contributed by atoms with van der Waals surface area (Å²) in [6.07, 6.45) is 6.40. The number of hydrogen-bond donors (Lipinski definition) is 0. The summed E-state index contributed by atoms with van der Waals surface area (Å²) >= 11 is 9.58. The fourth-order valence-electron chi connectivity index (χ4n) is 4.08. The van der Waals surface area contributed by atoms with Gasteiger partial charge in [0, 0.05) is 22.0 Å². The molecule has 9 nitrogen and oxygen atoms in total. The molecule has 0 amide bonds. The number of nitrogens with zero attached hydrogens (tertiary/aromatic N) is 5. The highest BCUT2D eigenvalue weighted by atomic mass is 79.9. The first-order valence-electron chi connectivity index (χ1n) is 10.6. The quantitative estimate of drug-likeness (QED) is 0.228. The van der Waals surface area contributed by atoms with Gasteiger partial charge in [0.1, 0.15) is 11.9 Å².